The number of thioether (sulfide) groups is 1. The highest BCUT2D eigenvalue weighted by Crippen LogP contribution is 2.26. The summed E-state index contributed by atoms with van der Waals surface area (Å²) >= 11 is 1.66. The van der Waals surface area contributed by atoms with Crippen molar-refractivity contribution in [3.05, 3.63) is 41.7 Å². The minimum atomic E-state index is -0.285. The number of halogens is 1. The molecular weight excluding hydrogens is 237 g/mol. The van der Waals surface area contributed by atoms with Crippen molar-refractivity contribution in [3.63, 3.8) is 0 Å². The zero-order valence-corrected chi connectivity index (χ0v) is 10.8. The summed E-state index contributed by atoms with van der Waals surface area (Å²) < 4.78 is 15.3. The highest BCUT2D eigenvalue weighted by molar-refractivity contribution is 7.98. The molecule has 0 aliphatic heterocycles. The topological polar surface area (TPSA) is 30.7 Å². The Morgan fingerprint density at radius 2 is 2.06 bits per heavy atom. The van der Waals surface area contributed by atoms with Crippen molar-refractivity contribution < 1.29 is 4.39 Å². The van der Waals surface area contributed by atoms with E-state index in [1.54, 1.807) is 34.6 Å². The lowest BCUT2D eigenvalue weighted by atomic mass is 10.3. The third kappa shape index (κ3) is 2.34. The lowest BCUT2D eigenvalue weighted by molar-refractivity contribution is 0.605. The van der Waals surface area contributed by atoms with Gasteiger partial charge in [0.1, 0.15) is 23.2 Å². The Morgan fingerprint density at radius 1 is 1.35 bits per heavy atom. The Morgan fingerprint density at radius 3 is 2.71 bits per heavy atom. The number of benzene rings is 1. The Hall–Kier alpha value is -1.36. The van der Waals surface area contributed by atoms with Crippen molar-refractivity contribution in [2.75, 3.05) is 6.26 Å². The Kier molecular flexibility index (Phi) is 3.47. The Bertz CT molecular complexity index is 524. The predicted octanol–water partition coefficient (Wildman–Crippen LogP) is 3.14. The van der Waals surface area contributed by atoms with E-state index in [0.717, 1.165) is 5.82 Å². The zero-order chi connectivity index (χ0) is 12.4. The monoisotopic (exact) mass is 251 g/mol. The summed E-state index contributed by atoms with van der Waals surface area (Å²) in [5.74, 6) is 1.15. The van der Waals surface area contributed by atoms with Crippen molar-refractivity contribution in [1.82, 2.24) is 14.8 Å². The van der Waals surface area contributed by atoms with E-state index in [1.165, 1.54) is 6.07 Å². The fourth-order valence-electron chi connectivity index (χ4n) is 1.60. The molecule has 1 atom stereocenters. The van der Waals surface area contributed by atoms with Crippen LogP contribution >= 0.6 is 11.8 Å². The second-order valence-corrected chi connectivity index (χ2v) is 4.94. The molecule has 1 aromatic heterocycles. The third-order valence-electron chi connectivity index (χ3n) is 2.54. The lowest BCUT2D eigenvalue weighted by Gasteiger charge is -2.10. The van der Waals surface area contributed by atoms with Gasteiger partial charge in [0.25, 0.3) is 0 Å². The van der Waals surface area contributed by atoms with Crippen molar-refractivity contribution in [2.24, 2.45) is 0 Å². The summed E-state index contributed by atoms with van der Waals surface area (Å²) in [4.78, 5) is 4.36. The van der Waals surface area contributed by atoms with Crippen molar-refractivity contribution in [1.29, 1.82) is 0 Å². The third-order valence-corrected chi connectivity index (χ3v) is 3.45. The molecule has 0 radical (unpaired) electrons. The van der Waals surface area contributed by atoms with Crippen LogP contribution in [-0.4, -0.2) is 21.0 Å². The van der Waals surface area contributed by atoms with Gasteiger partial charge in [0.05, 0.1) is 5.25 Å². The molecule has 0 saturated carbocycles. The standard InChI is InChI=1S/C12H14FN3S/c1-8(17-3)12-14-9(2)15-16(12)11-7-5-4-6-10(11)13/h4-8H,1-3H3/t8-/m0/s1. The molecule has 0 N–H and O–H groups in total. The molecule has 90 valence electrons. The smallest absolute Gasteiger partial charge is 0.148 e. The highest BCUT2D eigenvalue weighted by Gasteiger charge is 2.17. The molecule has 0 saturated heterocycles. The van der Waals surface area contributed by atoms with E-state index in [4.69, 9.17) is 0 Å². The first kappa shape index (κ1) is 12.1. The van der Waals surface area contributed by atoms with Gasteiger partial charge < -0.3 is 0 Å². The van der Waals surface area contributed by atoms with Gasteiger partial charge in [0.15, 0.2) is 0 Å². The summed E-state index contributed by atoms with van der Waals surface area (Å²) in [6.07, 6.45) is 2.00. The summed E-state index contributed by atoms with van der Waals surface area (Å²) in [6.45, 7) is 3.85. The van der Waals surface area contributed by atoms with E-state index in [2.05, 4.69) is 10.1 Å². The molecule has 0 amide bonds. The van der Waals surface area contributed by atoms with Gasteiger partial charge in [-0.25, -0.2) is 14.1 Å². The second kappa shape index (κ2) is 4.87. The summed E-state index contributed by atoms with van der Waals surface area (Å²) in [6, 6.07) is 6.60. The van der Waals surface area contributed by atoms with E-state index in [9.17, 15) is 4.39 Å². The van der Waals surface area contributed by atoms with Crippen LogP contribution in [0.4, 0.5) is 4.39 Å². The van der Waals surface area contributed by atoms with Gasteiger partial charge in [-0.05, 0) is 32.2 Å². The first-order chi connectivity index (χ1) is 8.13. The Labute approximate surface area is 104 Å². The van der Waals surface area contributed by atoms with Gasteiger partial charge in [0.2, 0.25) is 0 Å². The van der Waals surface area contributed by atoms with E-state index in [-0.39, 0.29) is 11.1 Å². The van der Waals surface area contributed by atoms with Gasteiger partial charge >= 0.3 is 0 Å². The average Bonchev–Trinajstić information content (AvgIpc) is 2.71. The highest BCUT2D eigenvalue weighted by atomic mass is 32.2. The van der Waals surface area contributed by atoms with Gasteiger partial charge in [-0.3, -0.25) is 0 Å². The molecule has 0 spiro atoms. The van der Waals surface area contributed by atoms with Gasteiger partial charge in [-0.15, -0.1) is 0 Å². The molecule has 1 heterocycles. The number of rotatable bonds is 3. The van der Waals surface area contributed by atoms with Crippen LogP contribution in [0.3, 0.4) is 0 Å². The minimum absolute atomic E-state index is 0.177. The maximum absolute atomic E-state index is 13.7. The number of para-hydroxylation sites is 1. The molecule has 0 fully saturated rings. The van der Waals surface area contributed by atoms with Crippen molar-refractivity contribution in [2.45, 2.75) is 19.1 Å². The molecule has 2 rings (SSSR count). The number of hydrogen-bond donors (Lipinski definition) is 0. The van der Waals surface area contributed by atoms with Crippen LogP contribution in [0.5, 0.6) is 0 Å². The fraction of sp³-hybridized carbons (Fsp3) is 0.333. The molecule has 2 aromatic rings. The SMILES string of the molecule is CS[C@@H](C)c1nc(C)nn1-c1ccccc1F. The zero-order valence-electron chi connectivity index (χ0n) is 10.0. The van der Waals surface area contributed by atoms with E-state index in [1.807, 2.05) is 20.1 Å². The average molecular weight is 251 g/mol. The normalized spacial score (nSPS) is 12.7. The number of hydrogen-bond acceptors (Lipinski definition) is 3. The summed E-state index contributed by atoms with van der Waals surface area (Å²) in [5, 5.41) is 4.44. The van der Waals surface area contributed by atoms with Gasteiger partial charge in [-0.1, -0.05) is 12.1 Å². The lowest BCUT2D eigenvalue weighted by Crippen LogP contribution is -2.06. The van der Waals surface area contributed by atoms with E-state index >= 15 is 0 Å². The Balaban J connectivity index is 2.56. The molecule has 0 bridgehead atoms. The predicted molar refractivity (Wildman–Crippen MR) is 68.0 cm³/mol. The summed E-state index contributed by atoms with van der Waals surface area (Å²) in [5.41, 5.74) is 0.448. The molecule has 1 aromatic carbocycles. The van der Waals surface area contributed by atoms with Crippen LogP contribution in [0.25, 0.3) is 5.69 Å². The van der Waals surface area contributed by atoms with Gasteiger partial charge in [0, 0.05) is 0 Å². The number of nitrogens with zero attached hydrogens (tertiary/aromatic N) is 3. The number of aryl methyl sites for hydroxylation is 1. The maximum atomic E-state index is 13.7. The van der Waals surface area contributed by atoms with Crippen LogP contribution in [0.2, 0.25) is 0 Å². The van der Waals surface area contributed by atoms with Crippen LogP contribution in [-0.2, 0) is 0 Å². The van der Waals surface area contributed by atoms with Crippen LogP contribution < -0.4 is 0 Å². The second-order valence-electron chi connectivity index (χ2n) is 3.76. The molecule has 5 heteroatoms. The van der Waals surface area contributed by atoms with Crippen LogP contribution in [0, 0.1) is 12.7 Å². The van der Waals surface area contributed by atoms with Crippen molar-refractivity contribution >= 4 is 11.8 Å². The van der Waals surface area contributed by atoms with Gasteiger partial charge in [-0.2, -0.15) is 16.9 Å². The quantitative estimate of drug-likeness (QED) is 0.839. The van der Waals surface area contributed by atoms with E-state index in [0.29, 0.717) is 11.5 Å². The molecule has 0 aliphatic rings. The molecule has 3 nitrogen and oxygen atoms in total. The first-order valence-electron chi connectivity index (χ1n) is 5.34. The summed E-state index contributed by atoms with van der Waals surface area (Å²) in [7, 11) is 0. The largest absolute Gasteiger partial charge is 0.215 e. The van der Waals surface area contributed by atoms with Crippen LogP contribution in [0.1, 0.15) is 23.8 Å². The molecular formula is C12H14FN3S. The van der Waals surface area contributed by atoms with Crippen LogP contribution in [0.15, 0.2) is 24.3 Å². The molecule has 17 heavy (non-hydrogen) atoms. The van der Waals surface area contributed by atoms with E-state index < -0.39 is 0 Å². The fourth-order valence-corrected chi connectivity index (χ4v) is 1.96. The minimum Gasteiger partial charge on any atom is -0.215 e. The number of aromatic nitrogens is 3. The van der Waals surface area contributed by atoms with Crippen molar-refractivity contribution in [3.8, 4) is 5.69 Å². The molecule has 0 unspecified atom stereocenters. The maximum Gasteiger partial charge on any atom is 0.148 e. The molecule has 0 aliphatic carbocycles. The first-order valence-corrected chi connectivity index (χ1v) is 6.63.